The van der Waals surface area contributed by atoms with Crippen LogP contribution in [0.3, 0.4) is 0 Å². The summed E-state index contributed by atoms with van der Waals surface area (Å²) in [6, 6.07) is 7.53. The molecular weight excluding hydrogens is 222 g/mol. The topological polar surface area (TPSA) is 22.0 Å². The molecule has 0 amide bonds. The second kappa shape index (κ2) is 4.30. The van der Waals surface area contributed by atoms with E-state index in [1.807, 2.05) is 25.3 Å². The minimum atomic E-state index is 0.0588. The maximum Gasteiger partial charge on any atom is 0.258 e. The number of nitrogens with zero attached hydrogens (tertiary/aromatic N) is 1. The predicted octanol–water partition coefficient (Wildman–Crippen LogP) is 3.63. The Morgan fingerprint density at radius 2 is 2.12 bits per heavy atom. The first kappa shape index (κ1) is 11.2. The van der Waals surface area contributed by atoms with E-state index in [0.717, 1.165) is 17.2 Å². The number of benzene rings is 1. The molecule has 0 spiro atoms. The summed E-state index contributed by atoms with van der Waals surface area (Å²) in [4.78, 5) is 12.2. The molecule has 1 unspecified atom stereocenters. The van der Waals surface area contributed by atoms with Crippen LogP contribution in [0.1, 0.15) is 26.3 Å². The zero-order valence-electron chi connectivity index (χ0n) is 9.40. The minimum Gasteiger partial charge on any atom is -0.312 e. The van der Waals surface area contributed by atoms with Crippen LogP contribution in [0.5, 0.6) is 0 Å². The van der Waals surface area contributed by atoms with Crippen molar-refractivity contribution in [3.05, 3.63) is 45.8 Å². The molecule has 1 heterocycles. The summed E-state index contributed by atoms with van der Waals surface area (Å²) in [5, 5.41) is 2.29. The molecule has 3 heteroatoms. The summed E-state index contributed by atoms with van der Waals surface area (Å²) in [5.41, 5.74) is 0.0588. The molecule has 0 aliphatic rings. The monoisotopic (exact) mass is 235 g/mol. The van der Waals surface area contributed by atoms with E-state index in [2.05, 4.69) is 6.92 Å². The third kappa shape index (κ3) is 1.85. The number of fused-ring (bicyclic) bond motifs is 1. The average Bonchev–Trinajstić information content (AvgIpc) is 2.28. The van der Waals surface area contributed by atoms with Gasteiger partial charge in [0.15, 0.2) is 0 Å². The highest BCUT2D eigenvalue weighted by Crippen LogP contribution is 2.17. The zero-order chi connectivity index (χ0) is 11.7. The third-order valence-corrected chi connectivity index (χ3v) is 3.19. The SMILES string of the molecule is CCC(C)n1ccc2cc(Cl)ccc2c1=O. The fraction of sp³-hybridized carbons (Fsp3) is 0.308. The first-order valence-electron chi connectivity index (χ1n) is 5.44. The van der Waals surface area contributed by atoms with Crippen molar-refractivity contribution in [1.29, 1.82) is 0 Å². The normalized spacial score (nSPS) is 12.9. The van der Waals surface area contributed by atoms with Crippen molar-refractivity contribution in [3.8, 4) is 0 Å². The highest BCUT2D eigenvalue weighted by molar-refractivity contribution is 6.31. The molecule has 2 nitrogen and oxygen atoms in total. The van der Waals surface area contributed by atoms with Crippen LogP contribution in [0.25, 0.3) is 10.8 Å². The molecule has 0 saturated carbocycles. The molecule has 0 fully saturated rings. The van der Waals surface area contributed by atoms with Gasteiger partial charge in [0.25, 0.3) is 5.56 Å². The molecular formula is C13H14ClNO. The van der Waals surface area contributed by atoms with Gasteiger partial charge in [-0.05, 0) is 43.0 Å². The fourth-order valence-electron chi connectivity index (χ4n) is 1.78. The van der Waals surface area contributed by atoms with Gasteiger partial charge in [0.05, 0.1) is 0 Å². The summed E-state index contributed by atoms with van der Waals surface area (Å²) in [6.07, 6.45) is 2.79. The van der Waals surface area contributed by atoms with Crippen molar-refractivity contribution in [2.75, 3.05) is 0 Å². The molecule has 0 saturated heterocycles. The van der Waals surface area contributed by atoms with E-state index in [0.29, 0.717) is 5.02 Å². The molecule has 2 rings (SSSR count). The van der Waals surface area contributed by atoms with E-state index < -0.39 is 0 Å². The number of halogens is 1. The molecule has 1 aromatic carbocycles. The Kier molecular flexibility index (Phi) is 3.01. The first-order valence-corrected chi connectivity index (χ1v) is 5.81. The van der Waals surface area contributed by atoms with Crippen molar-refractivity contribution >= 4 is 22.4 Å². The summed E-state index contributed by atoms with van der Waals surface area (Å²) in [5.74, 6) is 0. The van der Waals surface area contributed by atoms with Crippen LogP contribution in [0.15, 0.2) is 35.3 Å². The Labute approximate surface area is 99.5 Å². The predicted molar refractivity (Wildman–Crippen MR) is 68.2 cm³/mol. The number of hydrogen-bond acceptors (Lipinski definition) is 1. The van der Waals surface area contributed by atoms with Gasteiger partial charge in [0.1, 0.15) is 0 Å². The number of hydrogen-bond donors (Lipinski definition) is 0. The Morgan fingerprint density at radius 3 is 2.81 bits per heavy atom. The molecule has 2 aromatic rings. The Morgan fingerprint density at radius 1 is 1.38 bits per heavy atom. The second-order valence-electron chi connectivity index (χ2n) is 4.02. The molecule has 1 aromatic heterocycles. The van der Waals surface area contributed by atoms with Gasteiger partial charge in [0, 0.05) is 22.6 Å². The molecule has 0 radical (unpaired) electrons. The summed E-state index contributed by atoms with van der Waals surface area (Å²) >= 11 is 5.89. The number of aromatic nitrogens is 1. The molecule has 0 bridgehead atoms. The van der Waals surface area contributed by atoms with Gasteiger partial charge in [-0.3, -0.25) is 4.79 Å². The molecule has 84 valence electrons. The maximum absolute atomic E-state index is 12.2. The largest absolute Gasteiger partial charge is 0.312 e. The Bertz CT molecular complexity index is 574. The van der Waals surface area contributed by atoms with Crippen molar-refractivity contribution in [1.82, 2.24) is 4.57 Å². The lowest BCUT2D eigenvalue weighted by Crippen LogP contribution is -2.22. The van der Waals surface area contributed by atoms with Crippen LogP contribution in [0, 0.1) is 0 Å². The average molecular weight is 236 g/mol. The van der Waals surface area contributed by atoms with Crippen molar-refractivity contribution in [3.63, 3.8) is 0 Å². The molecule has 1 atom stereocenters. The van der Waals surface area contributed by atoms with Gasteiger partial charge in [-0.15, -0.1) is 0 Å². The minimum absolute atomic E-state index is 0.0588. The fourth-order valence-corrected chi connectivity index (χ4v) is 1.96. The lowest BCUT2D eigenvalue weighted by atomic mass is 10.1. The second-order valence-corrected chi connectivity index (χ2v) is 4.45. The molecule has 0 aliphatic heterocycles. The van der Waals surface area contributed by atoms with E-state index >= 15 is 0 Å². The van der Waals surface area contributed by atoms with Gasteiger partial charge >= 0.3 is 0 Å². The van der Waals surface area contributed by atoms with Gasteiger partial charge < -0.3 is 4.57 Å². The first-order chi connectivity index (χ1) is 7.63. The Hall–Kier alpha value is -1.28. The smallest absolute Gasteiger partial charge is 0.258 e. The Balaban J connectivity index is 2.71. The van der Waals surface area contributed by atoms with Gasteiger partial charge in [-0.2, -0.15) is 0 Å². The van der Waals surface area contributed by atoms with Crippen LogP contribution in [0.4, 0.5) is 0 Å². The molecule has 0 aliphatic carbocycles. The van der Waals surface area contributed by atoms with Crippen molar-refractivity contribution in [2.45, 2.75) is 26.3 Å². The van der Waals surface area contributed by atoms with E-state index in [-0.39, 0.29) is 11.6 Å². The van der Waals surface area contributed by atoms with Crippen LogP contribution >= 0.6 is 11.6 Å². The highest BCUT2D eigenvalue weighted by Gasteiger charge is 2.07. The zero-order valence-corrected chi connectivity index (χ0v) is 10.2. The van der Waals surface area contributed by atoms with Gasteiger partial charge in [-0.1, -0.05) is 18.5 Å². The number of pyridine rings is 1. The molecule has 16 heavy (non-hydrogen) atoms. The van der Waals surface area contributed by atoms with E-state index in [9.17, 15) is 4.79 Å². The van der Waals surface area contributed by atoms with Crippen LogP contribution in [-0.2, 0) is 0 Å². The van der Waals surface area contributed by atoms with Crippen LogP contribution in [-0.4, -0.2) is 4.57 Å². The summed E-state index contributed by atoms with van der Waals surface area (Å²) < 4.78 is 1.77. The molecule has 0 N–H and O–H groups in total. The summed E-state index contributed by atoms with van der Waals surface area (Å²) in [6.45, 7) is 4.12. The van der Waals surface area contributed by atoms with Crippen molar-refractivity contribution in [2.24, 2.45) is 0 Å². The highest BCUT2D eigenvalue weighted by atomic mass is 35.5. The van der Waals surface area contributed by atoms with Crippen LogP contribution in [0.2, 0.25) is 5.02 Å². The quantitative estimate of drug-likeness (QED) is 0.779. The lowest BCUT2D eigenvalue weighted by molar-refractivity contribution is 0.517. The van der Waals surface area contributed by atoms with Gasteiger partial charge in [-0.25, -0.2) is 0 Å². The van der Waals surface area contributed by atoms with E-state index in [4.69, 9.17) is 11.6 Å². The van der Waals surface area contributed by atoms with Gasteiger partial charge in [0.2, 0.25) is 0 Å². The number of rotatable bonds is 2. The van der Waals surface area contributed by atoms with E-state index in [1.54, 1.807) is 16.7 Å². The summed E-state index contributed by atoms with van der Waals surface area (Å²) in [7, 11) is 0. The van der Waals surface area contributed by atoms with E-state index in [1.165, 1.54) is 0 Å². The standard InChI is InChI=1S/C13H14ClNO/c1-3-9(2)15-7-6-10-8-11(14)4-5-12(10)13(15)16/h4-9H,3H2,1-2H3. The third-order valence-electron chi connectivity index (χ3n) is 2.96. The lowest BCUT2D eigenvalue weighted by Gasteiger charge is -2.13. The van der Waals surface area contributed by atoms with Crippen LogP contribution < -0.4 is 5.56 Å². The van der Waals surface area contributed by atoms with Crippen molar-refractivity contribution < 1.29 is 0 Å². The maximum atomic E-state index is 12.2.